The number of hydrogen-bond acceptors (Lipinski definition) is 5. The Hall–Kier alpha value is -1.65. The number of aliphatic hydroxyl groups is 2. The number of para-hydroxylation sites is 1. The van der Waals surface area contributed by atoms with Crippen LogP contribution in [0.1, 0.15) is 40.0 Å². The van der Waals surface area contributed by atoms with Crippen LogP contribution in [0.3, 0.4) is 0 Å². The van der Waals surface area contributed by atoms with E-state index in [0.29, 0.717) is 30.2 Å². The van der Waals surface area contributed by atoms with E-state index in [2.05, 4.69) is 41.8 Å². The van der Waals surface area contributed by atoms with Crippen LogP contribution >= 0.6 is 22.6 Å². The molecule has 0 saturated carbocycles. The molecule has 2 amide bonds. The summed E-state index contributed by atoms with van der Waals surface area (Å²) in [4.78, 5) is 27.1. The van der Waals surface area contributed by atoms with E-state index in [-0.39, 0.29) is 31.4 Å². The van der Waals surface area contributed by atoms with Crippen LogP contribution in [0.2, 0.25) is 0 Å². The molecule has 0 heterocycles. The first-order valence-corrected chi connectivity index (χ1v) is 11.8. The van der Waals surface area contributed by atoms with E-state index in [0.717, 1.165) is 9.99 Å². The van der Waals surface area contributed by atoms with Crippen LogP contribution in [-0.4, -0.2) is 64.9 Å². The number of carbonyl (C=O) groups is 2. The topological polar surface area (TPSA) is 99.1 Å². The van der Waals surface area contributed by atoms with Crippen molar-refractivity contribution in [2.24, 2.45) is 5.92 Å². The number of hydrogen-bond donors (Lipinski definition) is 3. The molecule has 172 valence electrons. The van der Waals surface area contributed by atoms with Gasteiger partial charge in [0.25, 0.3) is 0 Å². The maximum absolute atomic E-state index is 12.8. The summed E-state index contributed by atoms with van der Waals surface area (Å²) < 4.78 is 6.99. The molecule has 2 rings (SSSR count). The third-order valence-corrected chi connectivity index (χ3v) is 6.18. The Morgan fingerprint density at radius 1 is 1.32 bits per heavy atom. The molecule has 3 atom stereocenters. The second-order valence-electron chi connectivity index (χ2n) is 8.07. The van der Waals surface area contributed by atoms with Crippen molar-refractivity contribution in [2.45, 2.75) is 58.3 Å². The lowest BCUT2D eigenvalue weighted by Crippen LogP contribution is -2.55. The van der Waals surface area contributed by atoms with E-state index in [9.17, 15) is 14.7 Å². The molecule has 1 aromatic carbocycles. The molecule has 7 nitrogen and oxygen atoms in total. The van der Waals surface area contributed by atoms with Crippen molar-refractivity contribution < 1.29 is 24.5 Å². The molecule has 1 aliphatic carbocycles. The summed E-state index contributed by atoms with van der Waals surface area (Å²) in [5, 5.41) is 22.9. The van der Waals surface area contributed by atoms with Crippen LogP contribution < -0.4 is 10.1 Å². The average Bonchev–Trinajstić information content (AvgIpc) is 2.75. The Bertz CT molecular complexity index is 783. The lowest BCUT2D eigenvalue weighted by Gasteiger charge is -2.40. The van der Waals surface area contributed by atoms with E-state index in [1.807, 2.05) is 24.3 Å². The van der Waals surface area contributed by atoms with Crippen molar-refractivity contribution in [3.8, 4) is 5.75 Å². The molecular weight excluding hydrogens is 511 g/mol. The number of nitrogens with zero attached hydrogens (tertiary/aromatic N) is 1. The van der Waals surface area contributed by atoms with Gasteiger partial charge in [0.15, 0.2) is 0 Å². The van der Waals surface area contributed by atoms with Crippen LogP contribution in [-0.2, 0) is 9.59 Å². The summed E-state index contributed by atoms with van der Waals surface area (Å²) in [5.41, 5.74) is 0.443. The van der Waals surface area contributed by atoms with Crippen molar-refractivity contribution in [3.05, 3.63) is 39.5 Å². The highest BCUT2D eigenvalue weighted by atomic mass is 127. The zero-order valence-corrected chi connectivity index (χ0v) is 20.5. The quantitative estimate of drug-likeness (QED) is 0.394. The molecular formula is C23H33IN2O5. The Labute approximate surface area is 198 Å². The normalized spacial score (nSPS) is 20.9. The Morgan fingerprint density at radius 3 is 2.65 bits per heavy atom. The molecule has 1 aliphatic rings. The maximum atomic E-state index is 12.8. The van der Waals surface area contributed by atoms with E-state index in [1.165, 1.54) is 0 Å². The molecule has 3 N–H and O–H groups in total. The third kappa shape index (κ3) is 7.18. The van der Waals surface area contributed by atoms with Gasteiger partial charge in [0.1, 0.15) is 18.0 Å². The molecule has 8 heteroatoms. The smallest absolute Gasteiger partial charge is 0.247 e. The number of aliphatic hydroxyl groups excluding tert-OH is 2. The minimum atomic E-state index is -0.979. The van der Waals surface area contributed by atoms with Crippen molar-refractivity contribution in [3.63, 3.8) is 0 Å². The van der Waals surface area contributed by atoms with Crippen LogP contribution in [0, 0.1) is 9.49 Å². The fraction of sp³-hybridized carbons (Fsp3) is 0.565. The number of halogens is 1. The van der Waals surface area contributed by atoms with Gasteiger partial charge in [-0.2, -0.15) is 0 Å². The number of amides is 2. The van der Waals surface area contributed by atoms with E-state index in [1.54, 1.807) is 17.9 Å². The minimum absolute atomic E-state index is 0.0604. The summed E-state index contributed by atoms with van der Waals surface area (Å²) >= 11 is 2.16. The molecule has 0 saturated heterocycles. The summed E-state index contributed by atoms with van der Waals surface area (Å²) in [6.45, 7) is 6.45. The highest BCUT2D eigenvalue weighted by molar-refractivity contribution is 14.1. The summed E-state index contributed by atoms with van der Waals surface area (Å²) in [7, 11) is 0. The Kier molecular flexibility index (Phi) is 10.2. The zero-order valence-electron chi connectivity index (χ0n) is 18.4. The van der Waals surface area contributed by atoms with Gasteiger partial charge < -0.3 is 25.2 Å². The molecule has 0 aromatic heterocycles. The summed E-state index contributed by atoms with van der Waals surface area (Å²) in [6.07, 6.45) is 1.22. The van der Waals surface area contributed by atoms with Gasteiger partial charge in [-0.25, -0.2) is 0 Å². The van der Waals surface area contributed by atoms with Gasteiger partial charge in [0.2, 0.25) is 11.8 Å². The average molecular weight is 544 g/mol. The van der Waals surface area contributed by atoms with Gasteiger partial charge in [-0.3, -0.25) is 9.59 Å². The largest absolute Gasteiger partial charge is 0.482 e. The van der Waals surface area contributed by atoms with Crippen LogP contribution in [0.5, 0.6) is 5.75 Å². The molecule has 0 bridgehead atoms. The first-order chi connectivity index (χ1) is 14.8. The van der Waals surface area contributed by atoms with E-state index < -0.39 is 18.2 Å². The first kappa shape index (κ1) is 25.6. The predicted octanol–water partition coefficient (Wildman–Crippen LogP) is 2.49. The summed E-state index contributed by atoms with van der Waals surface area (Å²) in [6, 6.07) is 6.88. The van der Waals surface area contributed by atoms with E-state index in [4.69, 9.17) is 9.84 Å². The number of ether oxygens (including phenoxy) is 1. The van der Waals surface area contributed by atoms with E-state index >= 15 is 0 Å². The van der Waals surface area contributed by atoms with Crippen molar-refractivity contribution >= 4 is 34.4 Å². The van der Waals surface area contributed by atoms with Crippen molar-refractivity contribution in [1.82, 2.24) is 10.2 Å². The highest BCUT2D eigenvalue weighted by Crippen LogP contribution is 2.30. The fourth-order valence-electron chi connectivity index (χ4n) is 3.54. The molecule has 0 unspecified atom stereocenters. The van der Waals surface area contributed by atoms with Crippen LogP contribution in [0.25, 0.3) is 0 Å². The SMILES string of the molecule is CCC(=O)N(CCC(C)C)[C@@H]1CC(C(=O)NCCO)=C[C@H](Oc2ccccc2I)[C@H]1O. The minimum Gasteiger partial charge on any atom is -0.482 e. The van der Waals surface area contributed by atoms with Gasteiger partial charge in [-0.1, -0.05) is 32.9 Å². The fourth-order valence-corrected chi connectivity index (χ4v) is 4.06. The molecule has 0 spiro atoms. The molecule has 31 heavy (non-hydrogen) atoms. The first-order valence-electron chi connectivity index (χ1n) is 10.8. The van der Waals surface area contributed by atoms with Crippen molar-refractivity contribution in [1.29, 1.82) is 0 Å². The number of carbonyl (C=O) groups excluding carboxylic acids is 2. The molecule has 0 fully saturated rings. The maximum Gasteiger partial charge on any atom is 0.247 e. The van der Waals surface area contributed by atoms with Gasteiger partial charge in [0.05, 0.1) is 16.2 Å². The molecule has 0 aliphatic heterocycles. The lowest BCUT2D eigenvalue weighted by atomic mass is 9.87. The standard InChI is InChI=1S/C23H33IN2O5/c1-4-21(28)26(11-9-15(2)3)18-13-16(23(30)25-10-12-27)14-20(22(18)29)31-19-8-6-5-7-17(19)24/h5-8,14-15,18,20,22,27,29H,4,9-13H2,1-3H3,(H,25,30)/t18-,20+,22+/m1/s1. The van der Waals surface area contributed by atoms with Crippen LogP contribution in [0.15, 0.2) is 35.9 Å². The molecule has 0 radical (unpaired) electrons. The van der Waals surface area contributed by atoms with Crippen LogP contribution in [0.4, 0.5) is 0 Å². The number of benzene rings is 1. The zero-order chi connectivity index (χ0) is 23.0. The van der Waals surface area contributed by atoms with Gasteiger partial charge in [-0.05, 0) is 53.1 Å². The Balaban J connectivity index is 2.36. The lowest BCUT2D eigenvalue weighted by molar-refractivity contribution is -0.138. The van der Waals surface area contributed by atoms with Crippen molar-refractivity contribution in [2.75, 3.05) is 19.7 Å². The number of rotatable bonds is 10. The third-order valence-electron chi connectivity index (χ3n) is 5.28. The second-order valence-corrected chi connectivity index (χ2v) is 9.23. The summed E-state index contributed by atoms with van der Waals surface area (Å²) in [5.74, 6) is 0.619. The van der Waals surface area contributed by atoms with Gasteiger partial charge in [0, 0.05) is 31.5 Å². The van der Waals surface area contributed by atoms with Gasteiger partial charge >= 0.3 is 0 Å². The number of nitrogens with one attached hydrogen (secondary N) is 1. The predicted molar refractivity (Wildman–Crippen MR) is 128 cm³/mol. The monoisotopic (exact) mass is 544 g/mol. The highest BCUT2D eigenvalue weighted by Gasteiger charge is 2.40. The Morgan fingerprint density at radius 2 is 2.03 bits per heavy atom. The van der Waals surface area contributed by atoms with Gasteiger partial charge in [-0.15, -0.1) is 0 Å². The second kappa shape index (κ2) is 12.4. The molecule has 1 aromatic rings.